The molecule has 1 aromatic rings. The maximum absolute atomic E-state index is 11.5. The van der Waals surface area contributed by atoms with Gasteiger partial charge in [-0.05, 0) is 31.8 Å². The molecule has 1 aliphatic rings. The Labute approximate surface area is 87.8 Å². The summed E-state index contributed by atoms with van der Waals surface area (Å²) in [6, 6.07) is 0. The van der Waals surface area contributed by atoms with Gasteiger partial charge in [0, 0.05) is 6.54 Å². The van der Waals surface area contributed by atoms with E-state index < -0.39 is 0 Å². The lowest BCUT2D eigenvalue weighted by Crippen LogP contribution is -2.36. The second-order valence-electron chi connectivity index (χ2n) is 3.76. The van der Waals surface area contributed by atoms with Crippen molar-refractivity contribution >= 4 is 5.91 Å². The molecule has 0 spiro atoms. The first-order chi connectivity index (χ1) is 7.36. The molecule has 1 fully saturated rings. The summed E-state index contributed by atoms with van der Waals surface area (Å²) in [7, 11) is 0. The topological polar surface area (TPSA) is 82.7 Å². The Morgan fingerprint density at radius 3 is 3.00 bits per heavy atom. The lowest BCUT2D eigenvalue weighted by Gasteiger charge is -2.22. The second kappa shape index (κ2) is 4.88. The van der Waals surface area contributed by atoms with Crippen LogP contribution in [0.5, 0.6) is 0 Å². The number of H-pyrrole nitrogens is 1. The molecule has 0 radical (unpaired) electrons. The van der Waals surface area contributed by atoms with Gasteiger partial charge in [-0.1, -0.05) is 0 Å². The van der Waals surface area contributed by atoms with E-state index in [1.807, 2.05) is 0 Å². The molecule has 0 unspecified atom stereocenters. The van der Waals surface area contributed by atoms with Crippen LogP contribution in [0.15, 0.2) is 6.20 Å². The lowest BCUT2D eigenvalue weighted by molar-refractivity contribution is 0.0939. The number of aromatic amines is 1. The maximum atomic E-state index is 11.5. The van der Waals surface area contributed by atoms with E-state index in [9.17, 15) is 4.79 Å². The van der Waals surface area contributed by atoms with Gasteiger partial charge in [0.1, 0.15) is 0 Å². The van der Waals surface area contributed by atoms with E-state index in [1.54, 1.807) is 0 Å². The van der Waals surface area contributed by atoms with Gasteiger partial charge in [-0.25, -0.2) is 0 Å². The molecule has 3 N–H and O–H groups in total. The van der Waals surface area contributed by atoms with Crippen LogP contribution in [0.1, 0.15) is 23.3 Å². The first-order valence-corrected chi connectivity index (χ1v) is 5.21. The van der Waals surface area contributed by atoms with Crippen LogP contribution in [0, 0.1) is 5.92 Å². The average molecular weight is 209 g/mol. The summed E-state index contributed by atoms with van der Waals surface area (Å²) in [5, 5.41) is 15.9. The van der Waals surface area contributed by atoms with Crippen LogP contribution in [-0.4, -0.2) is 41.0 Å². The fraction of sp³-hybridized carbons (Fsp3) is 0.667. The van der Waals surface area contributed by atoms with E-state index in [4.69, 9.17) is 0 Å². The highest BCUT2D eigenvalue weighted by Gasteiger charge is 2.15. The molecule has 2 heterocycles. The van der Waals surface area contributed by atoms with E-state index in [0.717, 1.165) is 32.5 Å². The quantitative estimate of drug-likeness (QED) is 0.628. The maximum Gasteiger partial charge on any atom is 0.273 e. The minimum Gasteiger partial charge on any atom is -0.350 e. The van der Waals surface area contributed by atoms with Crippen molar-refractivity contribution in [3.05, 3.63) is 11.9 Å². The average Bonchev–Trinajstić information content (AvgIpc) is 2.81. The summed E-state index contributed by atoms with van der Waals surface area (Å²) in [5.41, 5.74) is 0.351. The number of nitrogens with one attached hydrogen (secondary N) is 3. The molecule has 6 nitrogen and oxygen atoms in total. The number of rotatable bonds is 3. The van der Waals surface area contributed by atoms with Crippen LogP contribution in [0.2, 0.25) is 0 Å². The largest absolute Gasteiger partial charge is 0.350 e. The third-order valence-corrected chi connectivity index (χ3v) is 2.66. The fourth-order valence-corrected chi connectivity index (χ4v) is 1.72. The van der Waals surface area contributed by atoms with E-state index in [1.165, 1.54) is 6.20 Å². The lowest BCUT2D eigenvalue weighted by atomic mass is 9.98. The molecule has 6 heteroatoms. The number of carbonyl (C=O) groups excluding carboxylic acids is 1. The van der Waals surface area contributed by atoms with Gasteiger partial charge >= 0.3 is 0 Å². The molecule has 0 bridgehead atoms. The number of aromatic nitrogens is 3. The summed E-state index contributed by atoms with van der Waals surface area (Å²) in [6.07, 6.45) is 3.68. The van der Waals surface area contributed by atoms with Gasteiger partial charge in [0.15, 0.2) is 5.69 Å². The van der Waals surface area contributed by atoms with Gasteiger partial charge in [-0.2, -0.15) is 15.4 Å². The van der Waals surface area contributed by atoms with Crippen LogP contribution >= 0.6 is 0 Å². The molecule has 1 aromatic heterocycles. The van der Waals surface area contributed by atoms with Crippen LogP contribution in [-0.2, 0) is 0 Å². The molecular formula is C9H15N5O. The highest BCUT2D eigenvalue weighted by molar-refractivity contribution is 5.91. The van der Waals surface area contributed by atoms with E-state index in [-0.39, 0.29) is 5.91 Å². The van der Waals surface area contributed by atoms with Crippen molar-refractivity contribution in [1.29, 1.82) is 0 Å². The van der Waals surface area contributed by atoms with Gasteiger partial charge in [0.25, 0.3) is 5.91 Å². The molecule has 0 aliphatic carbocycles. The Kier molecular flexibility index (Phi) is 3.29. The van der Waals surface area contributed by atoms with Gasteiger partial charge in [0.05, 0.1) is 6.20 Å². The summed E-state index contributed by atoms with van der Waals surface area (Å²) in [6.45, 7) is 2.82. The highest BCUT2D eigenvalue weighted by atomic mass is 16.1. The number of hydrogen-bond acceptors (Lipinski definition) is 4. The third kappa shape index (κ3) is 2.76. The molecule has 0 aromatic carbocycles. The van der Waals surface area contributed by atoms with E-state index >= 15 is 0 Å². The number of carbonyl (C=O) groups is 1. The van der Waals surface area contributed by atoms with Crippen LogP contribution < -0.4 is 10.6 Å². The van der Waals surface area contributed by atoms with Crippen molar-refractivity contribution < 1.29 is 4.79 Å². The normalized spacial score (nSPS) is 17.6. The smallest absolute Gasteiger partial charge is 0.273 e. The molecule has 1 aliphatic heterocycles. The van der Waals surface area contributed by atoms with Gasteiger partial charge in [-0.15, -0.1) is 0 Å². The van der Waals surface area contributed by atoms with Crippen molar-refractivity contribution in [1.82, 2.24) is 26.0 Å². The van der Waals surface area contributed by atoms with Crippen LogP contribution in [0.3, 0.4) is 0 Å². The number of nitrogens with zero attached hydrogens (tertiary/aromatic N) is 2. The Hall–Kier alpha value is -1.43. The minimum atomic E-state index is -0.151. The zero-order valence-corrected chi connectivity index (χ0v) is 8.49. The van der Waals surface area contributed by atoms with Crippen LogP contribution in [0.25, 0.3) is 0 Å². The zero-order chi connectivity index (χ0) is 10.5. The standard InChI is InChI=1S/C9H15N5O/c15-9(8-6-12-14-13-8)11-5-7-1-3-10-4-2-7/h6-7,10H,1-5H2,(H,11,15)(H,12,13,14). The summed E-state index contributed by atoms with van der Waals surface area (Å²) < 4.78 is 0. The molecule has 0 saturated carbocycles. The Morgan fingerprint density at radius 1 is 1.53 bits per heavy atom. The van der Waals surface area contributed by atoms with Gasteiger partial charge in [-0.3, -0.25) is 4.79 Å². The molecule has 1 amide bonds. The van der Waals surface area contributed by atoms with E-state index in [2.05, 4.69) is 26.0 Å². The fourth-order valence-electron chi connectivity index (χ4n) is 1.72. The molecule has 2 rings (SSSR count). The molecule has 15 heavy (non-hydrogen) atoms. The summed E-state index contributed by atoms with van der Waals surface area (Å²) in [5.74, 6) is 0.435. The Bertz CT molecular complexity index is 304. The van der Waals surface area contributed by atoms with Crippen molar-refractivity contribution in [3.8, 4) is 0 Å². The minimum absolute atomic E-state index is 0.151. The SMILES string of the molecule is O=C(NCC1CCNCC1)c1cn[nH]n1. The first-order valence-electron chi connectivity index (χ1n) is 5.21. The molecule has 82 valence electrons. The van der Waals surface area contributed by atoms with Crippen molar-refractivity contribution in [3.63, 3.8) is 0 Å². The van der Waals surface area contributed by atoms with E-state index in [0.29, 0.717) is 11.6 Å². The number of piperidine rings is 1. The predicted molar refractivity (Wildman–Crippen MR) is 54.3 cm³/mol. The summed E-state index contributed by atoms with van der Waals surface area (Å²) >= 11 is 0. The predicted octanol–water partition coefficient (Wildman–Crippen LogP) is -0.466. The Morgan fingerprint density at radius 2 is 2.33 bits per heavy atom. The third-order valence-electron chi connectivity index (χ3n) is 2.66. The van der Waals surface area contributed by atoms with Crippen molar-refractivity contribution in [2.45, 2.75) is 12.8 Å². The highest BCUT2D eigenvalue weighted by Crippen LogP contribution is 2.09. The summed E-state index contributed by atoms with van der Waals surface area (Å²) in [4.78, 5) is 11.5. The van der Waals surface area contributed by atoms with Crippen LogP contribution in [0.4, 0.5) is 0 Å². The van der Waals surface area contributed by atoms with Crippen molar-refractivity contribution in [2.24, 2.45) is 5.92 Å². The first kappa shape index (κ1) is 10.1. The zero-order valence-electron chi connectivity index (χ0n) is 8.49. The monoisotopic (exact) mass is 209 g/mol. The molecule has 0 atom stereocenters. The Balaban J connectivity index is 1.75. The number of amides is 1. The molecular weight excluding hydrogens is 194 g/mol. The second-order valence-corrected chi connectivity index (χ2v) is 3.76. The van der Waals surface area contributed by atoms with Gasteiger partial charge in [0.2, 0.25) is 0 Å². The molecule has 1 saturated heterocycles. The number of hydrogen-bond donors (Lipinski definition) is 3. The van der Waals surface area contributed by atoms with Crippen molar-refractivity contribution in [2.75, 3.05) is 19.6 Å². The van der Waals surface area contributed by atoms with Gasteiger partial charge < -0.3 is 10.6 Å².